The second kappa shape index (κ2) is 5.00. The van der Waals surface area contributed by atoms with E-state index in [0.29, 0.717) is 23.2 Å². The molecule has 2 aliphatic rings. The summed E-state index contributed by atoms with van der Waals surface area (Å²) in [7, 11) is 0. The molecule has 2 aromatic heterocycles. The van der Waals surface area contributed by atoms with Gasteiger partial charge >= 0.3 is 0 Å². The highest BCUT2D eigenvalue weighted by molar-refractivity contribution is 5.52. The van der Waals surface area contributed by atoms with E-state index in [-0.39, 0.29) is 0 Å². The average molecular weight is 286 g/mol. The van der Waals surface area contributed by atoms with Gasteiger partial charge in [0, 0.05) is 32.2 Å². The van der Waals surface area contributed by atoms with Gasteiger partial charge in [-0.1, -0.05) is 0 Å². The molecule has 1 aliphatic carbocycles. The molecule has 2 fully saturated rings. The predicted octanol–water partition coefficient (Wildman–Crippen LogP) is 0.998. The zero-order valence-corrected chi connectivity index (χ0v) is 11.8. The summed E-state index contributed by atoms with van der Waals surface area (Å²) in [6.45, 7) is 4.05. The molecule has 0 spiro atoms. The zero-order valence-electron chi connectivity index (χ0n) is 11.8. The quantitative estimate of drug-likeness (QED) is 0.901. The topological polar surface area (TPSA) is 84.3 Å². The van der Waals surface area contributed by atoms with Crippen LogP contribution in [-0.4, -0.2) is 52.2 Å². The highest BCUT2D eigenvalue weighted by Crippen LogP contribution is 2.28. The third kappa shape index (κ3) is 2.56. The van der Waals surface area contributed by atoms with Crippen LogP contribution in [0.2, 0.25) is 0 Å². The Morgan fingerprint density at radius 2 is 1.95 bits per heavy atom. The molecule has 0 atom stereocenters. The molecule has 1 saturated heterocycles. The fraction of sp³-hybridized carbons (Fsp3) is 0.500. The normalized spacial score (nSPS) is 19.9. The second-order valence-electron chi connectivity index (χ2n) is 5.63. The first kappa shape index (κ1) is 12.6. The van der Waals surface area contributed by atoms with Gasteiger partial charge in [0.25, 0.3) is 11.8 Å². The van der Waals surface area contributed by atoms with Crippen molar-refractivity contribution in [3.05, 3.63) is 18.3 Å². The van der Waals surface area contributed by atoms with Crippen LogP contribution in [0, 0.1) is 0 Å². The zero-order chi connectivity index (χ0) is 14.2. The third-order valence-electron chi connectivity index (χ3n) is 4.08. The van der Waals surface area contributed by atoms with Crippen LogP contribution < -0.4 is 10.6 Å². The van der Waals surface area contributed by atoms with Gasteiger partial charge < -0.3 is 15.2 Å². The minimum atomic E-state index is 0.439. The van der Waals surface area contributed by atoms with Crippen LogP contribution in [0.1, 0.15) is 12.8 Å². The highest BCUT2D eigenvalue weighted by Gasteiger charge is 2.32. The third-order valence-corrected chi connectivity index (χ3v) is 4.08. The molecule has 2 aromatic rings. The number of hydrogen-bond acceptors (Lipinski definition) is 7. The number of nitrogens with zero attached hydrogens (tertiary/aromatic N) is 5. The lowest BCUT2D eigenvalue weighted by molar-refractivity contribution is 0.246. The lowest BCUT2D eigenvalue weighted by Crippen LogP contribution is -2.47. The van der Waals surface area contributed by atoms with E-state index in [2.05, 4.69) is 24.9 Å². The molecule has 2 N–H and O–H groups in total. The number of piperazine rings is 1. The summed E-state index contributed by atoms with van der Waals surface area (Å²) in [4.78, 5) is 13.4. The lowest BCUT2D eigenvalue weighted by Gasteiger charge is -2.33. The first-order chi connectivity index (χ1) is 10.3. The van der Waals surface area contributed by atoms with Crippen LogP contribution in [0.5, 0.6) is 0 Å². The summed E-state index contributed by atoms with van der Waals surface area (Å²) in [5.74, 6) is 1.09. The Hall–Kier alpha value is -2.15. The molecule has 110 valence electrons. The van der Waals surface area contributed by atoms with Crippen molar-refractivity contribution in [2.75, 3.05) is 36.8 Å². The van der Waals surface area contributed by atoms with Crippen LogP contribution >= 0.6 is 0 Å². The van der Waals surface area contributed by atoms with Crippen LogP contribution in [-0.2, 0) is 0 Å². The molecule has 7 nitrogen and oxygen atoms in total. The maximum atomic E-state index is 5.63. The standard InChI is InChI=1S/C14H18N6O/c15-10-1-4-12(16-9-10)13-17-14(18-21-13)20-7-5-19(6-8-20)11-2-3-11/h1,4,9,11H,2-3,5-8,15H2. The summed E-state index contributed by atoms with van der Waals surface area (Å²) in [5.41, 5.74) is 6.90. The fourth-order valence-corrected chi connectivity index (χ4v) is 2.71. The predicted molar refractivity (Wildman–Crippen MR) is 78.7 cm³/mol. The van der Waals surface area contributed by atoms with Gasteiger partial charge in [0.15, 0.2) is 0 Å². The Morgan fingerprint density at radius 3 is 2.62 bits per heavy atom. The van der Waals surface area contributed by atoms with Crippen molar-refractivity contribution in [3.8, 4) is 11.6 Å². The molecule has 0 unspecified atom stereocenters. The lowest BCUT2D eigenvalue weighted by atomic mass is 10.3. The van der Waals surface area contributed by atoms with Crippen molar-refractivity contribution < 1.29 is 4.52 Å². The van der Waals surface area contributed by atoms with Crippen molar-refractivity contribution in [2.45, 2.75) is 18.9 Å². The molecule has 21 heavy (non-hydrogen) atoms. The molecule has 0 amide bonds. The summed E-state index contributed by atoms with van der Waals surface area (Å²) >= 11 is 0. The van der Waals surface area contributed by atoms with Crippen LogP contribution in [0.15, 0.2) is 22.9 Å². The minimum absolute atomic E-state index is 0.439. The monoisotopic (exact) mass is 286 g/mol. The van der Waals surface area contributed by atoms with Crippen molar-refractivity contribution in [2.24, 2.45) is 0 Å². The van der Waals surface area contributed by atoms with Crippen LogP contribution in [0.4, 0.5) is 11.6 Å². The van der Waals surface area contributed by atoms with Crippen molar-refractivity contribution in [1.29, 1.82) is 0 Å². The maximum Gasteiger partial charge on any atom is 0.278 e. The minimum Gasteiger partial charge on any atom is -0.397 e. The maximum absolute atomic E-state index is 5.63. The Morgan fingerprint density at radius 1 is 1.14 bits per heavy atom. The largest absolute Gasteiger partial charge is 0.397 e. The molecule has 1 saturated carbocycles. The molecule has 3 heterocycles. The van der Waals surface area contributed by atoms with E-state index in [4.69, 9.17) is 10.3 Å². The highest BCUT2D eigenvalue weighted by atomic mass is 16.5. The van der Waals surface area contributed by atoms with E-state index in [0.717, 1.165) is 32.2 Å². The number of hydrogen-bond donors (Lipinski definition) is 1. The van der Waals surface area contributed by atoms with E-state index >= 15 is 0 Å². The smallest absolute Gasteiger partial charge is 0.278 e. The van der Waals surface area contributed by atoms with Gasteiger partial charge in [-0.2, -0.15) is 4.98 Å². The van der Waals surface area contributed by atoms with Crippen molar-refractivity contribution >= 4 is 11.6 Å². The van der Waals surface area contributed by atoms with Crippen LogP contribution in [0.25, 0.3) is 11.6 Å². The molecule has 0 radical (unpaired) electrons. The van der Waals surface area contributed by atoms with E-state index in [1.807, 2.05) is 0 Å². The number of nitrogen functional groups attached to an aromatic ring is 1. The summed E-state index contributed by atoms with van der Waals surface area (Å²) in [6.07, 6.45) is 4.30. The van der Waals surface area contributed by atoms with Crippen molar-refractivity contribution in [3.63, 3.8) is 0 Å². The molecule has 7 heteroatoms. The second-order valence-corrected chi connectivity index (χ2v) is 5.63. The van der Waals surface area contributed by atoms with Gasteiger partial charge in [0.2, 0.25) is 0 Å². The van der Waals surface area contributed by atoms with E-state index < -0.39 is 0 Å². The molecule has 1 aliphatic heterocycles. The van der Waals surface area contributed by atoms with E-state index in [1.165, 1.54) is 12.8 Å². The molecule has 0 aromatic carbocycles. The van der Waals surface area contributed by atoms with Crippen LogP contribution in [0.3, 0.4) is 0 Å². The molecular formula is C14H18N6O. The number of pyridine rings is 1. The molecular weight excluding hydrogens is 268 g/mol. The SMILES string of the molecule is Nc1ccc(-c2nc(N3CCN(C4CC4)CC3)no2)nc1. The number of aromatic nitrogens is 3. The molecule has 0 bridgehead atoms. The van der Waals surface area contributed by atoms with Gasteiger partial charge in [-0.05, 0) is 30.1 Å². The average Bonchev–Trinajstić information content (AvgIpc) is 3.26. The van der Waals surface area contributed by atoms with Gasteiger partial charge in [-0.15, -0.1) is 0 Å². The number of nitrogens with two attached hydrogens (primary N) is 1. The summed E-state index contributed by atoms with van der Waals surface area (Å²) < 4.78 is 5.31. The first-order valence-electron chi connectivity index (χ1n) is 7.34. The fourth-order valence-electron chi connectivity index (χ4n) is 2.71. The Labute approximate surface area is 122 Å². The molecule has 4 rings (SSSR count). The first-order valence-corrected chi connectivity index (χ1v) is 7.34. The van der Waals surface area contributed by atoms with Crippen molar-refractivity contribution in [1.82, 2.24) is 20.0 Å². The van der Waals surface area contributed by atoms with Gasteiger partial charge in [0.05, 0.1) is 11.9 Å². The summed E-state index contributed by atoms with van der Waals surface area (Å²) in [5, 5.41) is 4.07. The van der Waals surface area contributed by atoms with E-state index in [9.17, 15) is 0 Å². The number of anilines is 2. The Kier molecular flexibility index (Phi) is 2.99. The number of rotatable bonds is 3. The van der Waals surface area contributed by atoms with Gasteiger partial charge in [-0.3, -0.25) is 4.90 Å². The summed E-state index contributed by atoms with van der Waals surface area (Å²) in [6, 6.07) is 4.39. The Bertz CT molecular complexity index is 613. The Balaban J connectivity index is 1.45. The van der Waals surface area contributed by atoms with Gasteiger partial charge in [-0.25, -0.2) is 4.98 Å². The van der Waals surface area contributed by atoms with E-state index in [1.54, 1.807) is 18.3 Å². The van der Waals surface area contributed by atoms with Gasteiger partial charge in [0.1, 0.15) is 5.69 Å².